The van der Waals surface area contributed by atoms with E-state index >= 15 is 0 Å². The molecule has 5 heteroatoms. The molecule has 0 aromatic heterocycles. The Bertz CT molecular complexity index is 1300. The van der Waals surface area contributed by atoms with Gasteiger partial charge >= 0.3 is 11.9 Å². The standard InChI is InChI=1S/C63H108O5/c1-4-7-10-13-16-19-22-25-28-30-31-32-34-37-40-43-46-49-52-55-58-66-59-61(68-63(65)57-54-51-48-45-42-39-35-27-24-21-18-15-12-9-6-3)60-67-62(64)56-53-50-47-44-41-38-36-33-29-26-23-20-17-14-11-8-5-2/h8,11,16-21,25-29,31-32,35,61H,4-7,9-10,12-15,22-24,30,33-34,36-60H2,1-3H3/b11-8-,19-16-,20-17-,21-18-,28-25-,29-26-,32-31-,35-27-. The Morgan fingerprint density at radius 2 is 0.662 bits per heavy atom. The Morgan fingerprint density at radius 3 is 1.06 bits per heavy atom. The number of allylic oxidation sites excluding steroid dienone is 16. The number of hydrogen-bond donors (Lipinski definition) is 0. The van der Waals surface area contributed by atoms with Crippen LogP contribution in [0.4, 0.5) is 0 Å². The van der Waals surface area contributed by atoms with E-state index in [0.29, 0.717) is 19.4 Å². The summed E-state index contributed by atoms with van der Waals surface area (Å²) in [4.78, 5) is 25.5. The molecule has 0 aliphatic rings. The van der Waals surface area contributed by atoms with Gasteiger partial charge in [-0.25, -0.2) is 0 Å². The predicted octanol–water partition coefficient (Wildman–Crippen LogP) is 19.8. The van der Waals surface area contributed by atoms with Crippen LogP contribution in [-0.4, -0.2) is 37.9 Å². The summed E-state index contributed by atoms with van der Waals surface area (Å²) in [6.07, 6.45) is 78.5. The first kappa shape index (κ1) is 64.8. The lowest BCUT2D eigenvalue weighted by atomic mass is 10.1. The Balaban J connectivity index is 4.33. The van der Waals surface area contributed by atoms with Gasteiger partial charge in [-0.15, -0.1) is 0 Å². The highest BCUT2D eigenvalue weighted by atomic mass is 16.6. The van der Waals surface area contributed by atoms with Crippen LogP contribution in [0, 0.1) is 0 Å². The molecule has 0 saturated heterocycles. The average Bonchev–Trinajstić information content (AvgIpc) is 3.34. The van der Waals surface area contributed by atoms with E-state index < -0.39 is 6.10 Å². The summed E-state index contributed by atoms with van der Waals surface area (Å²) in [5.74, 6) is -0.428. The first-order valence-corrected chi connectivity index (χ1v) is 28.8. The number of carbonyl (C=O) groups excluding carboxylic acids is 2. The number of carbonyl (C=O) groups is 2. The van der Waals surface area contributed by atoms with Crippen LogP contribution < -0.4 is 0 Å². The van der Waals surface area contributed by atoms with Crippen LogP contribution in [-0.2, 0) is 23.8 Å². The third kappa shape index (κ3) is 55.4. The van der Waals surface area contributed by atoms with E-state index in [-0.39, 0.29) is 25.2 Å². The Morgan fingerprint density at radius 1 is 0.338 bits per heavy atom. The topological polar surface area (TPSA) is 61.8 Å². The van der Waals surface area contributed by atoms with E-state index in [0.717, 1.165) is 103 Å². The summed E-state index contributed by atoms with van der Waals surface area (Å²) in [5.41, 5.74) is 0. The van der Waals surface area contributed by atoms with Crippen molar-refractivity contribution in [1.82, 2.24) is 0 Å². The minimum Gasteiger partial charge on any atom is -0.462 e. The molecule has 0 bridgehead atoms. The molecule has 5 nitrogen and oxygen atoms in total. The zero-order chi connectivity index (χ0) is 49.2. The van der Waals surface area contributed by atoms with Gasteiger partial charge < -0.3 is 14.2 Å². The molecule has 1 unspecified atom stereocenters. The lowest BCUT2D eigenvalue weighted by Crippen LogP contribution is -2.30. The molecular weight excluding hydrogens is 837 g/mol. The van der Waals surface area contributed by atoms with Crippen molar-refractivity contribution in [2.75, 3.05) is 19.8 Å². The highest BCUT2D eigenvalue weighted by Gasteiger charge is 2.17. The average molecular weight is 946 g/mol. The Hall–Kier alpha value is -3.18. The molecule has 0 amide bonds. The van der Waals surface area contributed by atoms with Gasteiger partial charge in [-0.2, -0.15) is 0 Å². The van der Waals surface area contributed by atoms with Crippen LogP contribution in [0.5, 0.6) is 0 Å². The summed E-state index contributed by atoms with van der Waals surface area (Å²) in [6.45, 7) is 7.63. The number of esters is 2. The minimum atomic E-state index is -0.559. The second-order valence-electron chi connectivity index (χ2n) is 18.8. The number of rotatable bonds is 52. The Labute approximate surface area is 422 Å². The first-order chi connectivity index (χ1) is 33.6. The number of ether oxygens (including phenoxy) is 3. The largest absolute Gasteiger partial charge is 0.462 e. The molecule has 1 atom stereocenters. The fourth-order valence-corrected chi connectivity index (χ4v) is 7.80. The normalized spacial score (nSPS) is 12.9. The van der Waals surface area contributed by atoms with Crippen molar-refractivity contribution in [3.63, 3.8) is 0 Å². The van der Waals surface area contributed by atoms with Gasteiger partial charge in [-0.1, -0.05) is 227 Å². The summed E-state index contributed by atoms with van der Waals surface area (Å²) >= 11 is 0. The van der Waals surface area contributed by atoms with Crippen LogP contribution in [0.1, 0.15) is 265 Å². The number of hydrogen-bond acceptors (Lipinski definition) is 5. The molecule has 0 aliphatic carbocycles. The third-order valence-electron chi connectivity index (χ3n) is 12.1. The van der Waals surface area contributed by atoms with E-state index in [4.69, 9.17) is 14.2 Å². The molecule has 0 saturated carbocycles. The van der Waals surface area contributed by atoms with Crippen molar-refractivity contribution in [2.24, 2.45) is 0 Å². The highest BCUT2D eigenvalue weighted by molar-refractivity contribution is 5.70. The molecule has 0 spiro atoms. The number of unbranched alkanes of at least 4 members (excludes halogenated alkanes) is 25. The molecule has 0 aliphatic heterocycles. The van der Waals surface area contributed by atoms with Crippen LogP contribution in [0.3, 0.4) is 0 Å². The van der Waals surface area contributed by atoms with Gasteiger partial charge in [0, 0.05) is 19.4 Å². The molecule has 0 fully saturated rings. The van der Waals surface area contributed by atoms with Crippen molar-refractivity contribution >= 4 is 11.9 Å². The van der Waals surface area contributed by atoms with Crippen LogP contribution in [0.25, 0.3) is 0 Å². The molecule has 0 rings (SSSR count). The summed E-state index contributed by atoms with van der Waals surface area (Å²) in [5, 5.41) is 0. The maximum absolute atomic E-state index is 12.9. The van der Waals surface area contributed by atoms with Crippen LogP contribution in [0.15, 0.2) is 97.2 Å². The molecule has 68 heavy (non-hydrogen) atoms. The molecule has 0 heterocycles. The van der Waals surface area contributed by atoms with E-state index in [1.165, 1.54) is 128 Å². The maximum atomic E-state index is 12.9. The van der Waals surface area contributed by atoms with Crippen molar-refractivity contribution < 1.29 is 23.8 Å². The quantitative estimate of drug-likeness (QED) is 0.0345. The molecular formula is C63H108O5. The van der Waals surface area contributed by atoms with E-state index in [9.17, 15) is 9.59 Å². The molecule has 0 aromatic carbocycles. The fourth-order valence-electron chi connectivity index (χ4n) is 7.80. The fraction of sp³-hybridized carbons (Fsp3) is 0.714. The zero-order valence-corrected chi connectivity index (χ0v) is 44.8. The summed E-state index contributed by atoms with van der Waals surface area (Å²) in [7, 11) is 0. The van der Waals surface area contributed by atoms with Gasteiger partial charge in [0.25, 0.3) is 0 Å². The Kier molecular flexibility index (Phi) is 55.4. The van der Waals surface area contributed by atoms with Crippen LogP contribution >= 0.6 is 0 Å². The highest BCUT2D eigenvalue weighted by Crippen LogP contribution is 2.14. The zero-order valence-electron chi connectivity index (χ0n) is 44.8. The van der Waals surface area contributed by atoms with Gasteiger partial charge in [0.2, 0.25) is 0 Å². The van der Waals surface area contributed by atoms with Crippen molar-refractivity contribution in [3.8, 4) is 0 Å². The van der Waals surface area contributed by atoms with Gasteiger partial charge in [0.1, 0.15) is 6.61 Å². The van der Waals surface area contributed by atoms with Gasteiger partial charge in [-0.3, -0.25) is 9.59 Å². The summed E-state index contributed by atoms with van der Waals surface area (Å²) < 4.78 is 17.5. The maximum Gasteiger partial charge on any atom is 0.306 e. The third-order valence-corrected chi connectivity index (χ3v) is 12.1. The van der Waals surface area contributed by atoms with Crippen molar-refractivity contribution in [3.05, 3.63) is 97.2 Å². The molecule has 0 aromatic rings. The second kappa shape index (κ2) is 58.1. The van der Waals surface area contributed by atoms with Crippen molar-refractivity contribution in [2.45, 2.75) is 271 Å². The second-order valence-corrected chi connectivity index (χ2v) is 18.8. The molecule has 0 radical (unpaired) electrons. The van der Waals surface area contributed by atoms with Gasteiger partial charge in [-0.05, 0) is 122 Å². The van der Waals surface area contributed by atoms with E-state index in [2.05, 4.69) is 118 Å². The SMILES string of the molecule is CC/C=C\C/C=C\C/C=C\CCCCCCCCCC(=O)OCC(COCCCCCCCCC/C=C\C/C=C\C/C=C\CCCCC)OC(=O)CCCCCCC/C=C\C/C=C\CCCCC. The monoisotopic (exact) mass is 945 g/mol. The smallest absolute Gasteiger partial charge is 0.306 e. The predicted molar refractivity (Wildman–Crippen MR) is 297 cm³/mol. The van der Waals surface area contributed by atoms with Gasteiger partial charge in [0.15, 0.2) is 6.10 Å². The first-order valence-electron chi connectivity index (χ1n) is 28.8. The lowest BCUT2D eigenvalue weighted by Gasteiger charge is -2.18. The molecule has 0 N–H and O–H groups in total. The lowest BCUT2D eigenvalue weighted by molar-refractivity contribution is -0.163. The van der Waals surface area contributed by atoms with Gasteiger partial charge in [0.05, 0.1) is 6.61 Å². The molecule has 390 valence electrons. The van der Waals surface area contributed by atoms with E-state index in [1.807, 2.05) is 0 Å². The van der Waals surface area contributed by atoms with E-state index in [1.54, 1.807) is 0 Å². The van der Waals surface area contributed by atoms with Crippen molar-refractivity contribution in [1.29, 1.82) is 0 Å². The summed E-state index contributed by atoms with van der Waals surface area (Å²) in [6, 6.07) is 0. The van der Waals surface area contributed by atoms with Crippen LogP contribution in [0.2, 0.25) is 0 Å². The minimum absolute atomic E-state index is 0.0660.